The molecule has 5 heteroatoms. The minimum atomic E-state index is -0.445. The highest BCUT2D eigenvalue weighted by atomic mass is 16.5. The van der Waals surface area contributed by atoms with Crippen LogP contribution in [-0.4, -0.2) is 42.0 Å². The predicted octanol–water partition coefficient (Wildman–Crippen LogP) is 0.250. The summed E-state index contributed by atoms with van der Waals surface area (Å²) in [6.45, 7) is 3.77. The van der Waals surface area contributed by atoms with E-state index in [0.717, 1.165) is 5.82 Å². The van der Waals surface area contributed by atoms with Crippen molar-refractivity contribution in [2.45, 2.75) is 19.1 Å². The molecule has 1 aliphatic rings. The Kier molecular flexibility index (Phi) is 3.26. The van der Waals surface area contributed by atoms with Gasteiger partial charge in [-0.25, -0.2) is 4.98 Å². The number of nitrogens with two attached hydrogens (primary N) is 1. The van der Waals surface area contributed by atoms with Crippen LogP contribution < -0.4 is 10.6 Å². The van der Waals surface area contributed by atoms with Gasteiger partial charge in [-0.3, -0.25) is 0 Å². The zero-order valence-electron chi connectivity index (χ0n) is 9.34. The summed E-state index contributed by atoms with van der Waals surface area (Å²) < 4.78 is 5.45. The third-order valence-electron chi connectivity index (χ3n) is 2.71. The Balaban J connectivity index is 2.04. The van der Waals surface area contributed by atoms with E-state index in [4.69, 9.17) is 10.5 Å². The van der Waals surface area contributed by atoms with Gasteiger partial charge in [-0.05, 0) is 19.1 Å². The Hall–Kier alpha value is -1.33. The number of nitrogen functional groups attached to an aromatic ring is 1. The molecule has 2 heterocycles. The van der Waals surface area contributed by atoms with Crippen molar-refractivity contribution in [2.75, 3.05) is 30.3 Å². The number of β-amino-alcohol motifs (C(OH)–C–C–N with tert-alkyl or cyclic N) is 1. The van der Waals surface area contributed by atoms with Crippen molar-refractivity contribution in [1.82, 2.24) is 4.98 Å². The summed E-state index contributed by atoms with van der Waals surface area (Å²) in [5.74, 6) is 0.829. The van der Waals surface area contributed by atoms with Crippen molar-refractivity contribution in [1.29, 1.82) is 0 Å². The molecule has 1 fully saturated rings. The fourth-order valence-electron chi connectivity index (χ4n) is 1.91. The first-order valence-electron chi connectivity index (χ1n) is 5.47. The minimum Gasteiger partial charge on any atom is -0.397 e. The average Bonchev–Trinajstić information content (AvgIpc) is 2.62. The van der Waals surface area contributed by atoms with E-state index in [9.17, 15) is 5.11 Å². The van der Waals surface area contributed by atoms with Crippen LogP contribution in [0.1, 0.15) is 6.92 Å². The molecule has 1 aromatic heterocycles. The first-order valence-corrected chi connectivity index (χ1v) is 5.47. The highest BCUT2D eigenvalue weighted by Crippen LogP contribution is 2.20. The van der Waals surface area contributed by atoms with Gasteiger partial charge in [-0.2, -0.15) is 0 Å². The summed E-state index contributed by atoms with van der Waals surface area (Å²) in [7, 11) is 0. The summed E-state index contributed by atoms with van der Waals surface area (Å²) in [6, 6.07) is 3.67. The van der Waals surface area contributed by atoms with Crippen molar-refractivity contribution in [2.24, 2.45) is 0 Å². The Labute approximate surface area is 94.8 Å². The zero-order valence-corrected chi connectivity index (χ0v) is 9.34. The smallest absolute Gasteiger partial charge is 0.128 e. The maximum Gasteiger partial charge on any atom is 0.128 e. The van der Waals surface area contributed by atoms with Crippen molar-refractivity contribution in [3.8, 4) is 0 Å². The van der Waals surface area contributed by atoms with Crippen molar-refractivity contribution in [3.05, 3.63) is 18.3 Å². The van der Waals surface area contributed by atoms with Gasteiger partial charge in [0.2, 0.25) is 0 Å². The lowest BCUT2D eigenvalue weighted by molar-refractivity contribution is -0.00189. The van der Waals surface area contributed by atoms with Gasteiger partial charge in [0.15, 0.2) is 0 Å². The normalized spacial score (nSPS) is 25.0. The van der Waals surface area contributed by atoms with Crippen LogP contribution in [0.5, 0.6) is 0 Å². The number of hydrogen-bond donors (Lipinski definition) is 2. The van der Waals surface area contributed by atoms with E-state index in [0.29, 0.717) is 25.4 Å². The molecular weight excluding hydrogens is 206 g/mol. The number of pyridine rings is 1. The molecule has 0 radical (unpaired) electrons. The predicted molar refractivity (Wildman–Crippen MR) is 62.3 cm³/mol. The Morgan fingerprint density at radius 2 is 2.38 bits per heavy atom. The monoisotopic (exact) mass is 223 g/mol. The molecular formula is C11H17N3O2. The molecule has 0 saturated carbocycles. The highest BCUT2D eigenvalue weighted by molar-refractivity contribution is 5.46. The topological polar surface area (TPSA) is 71.6 Å². The van der Waals surface area contributed by atoms with Gasteiger partial charge in [0.25, 0.3) is 0 Å². The van der Waals surface area contributed by atoms with Gasteiger partial charge in [-0.1, -0.05) is 0 Å². The van der Waals surface area contributed by atoms with Gasteiger partial charge < -0.3 is 20.5 Å². The molecule has 16 heavy (non-hydrogen) atoms. The number of nitrogens with zero attached hydrogens (tertiary/aromatic N) is 2. The molecule has 88 valence electrons. The van der Waals surface area contributed by atoms with Gasteiger partial charge in [0, 0.05) is 19.7 Å². The Morgan fingerprint density at radius 3 is 3.00 bits per heavy atom. The number of aliphatic hydroxyl groups excluding tert-OH is 1. The average molecular weight is 223 g/mol. The van der Waals surface area contributed by atoms with E-state index in [1.54, 1.807) is 6.20 Å². The molecule has 2 atom stereocenters. The third kappa shape index (κ3) is 2.25. The second kappa shape index (κ2) is 4.67. The fraction of sp³-hybridized carbons (Fsp3) is 0.545. The molecule has 0 aromatic carbocycles. The van der Waals surface area contributed by atoms with E-state index in [1.165, 1.54) is 0 Å². The summed E-state index contributed by atoms with van der Waals surface area (Å²) in [5.41, 5.74) is 6.22. The van der Waals surface area contributed by atoms with Crippen LogP contribution in [0.4, 0.5) is 11.5 Å². The fourth-order valence-corrected chi connectivity index (χ4v) is 1.91. The zero-order chi connectivity index (χ0) is 11.5. The first kappa shape index (κ1) is 11.2. The third-order valence-corrected chi connectivity index (χ3v) is 2.71. The van der Waals surface area contributed by atoms with Gasteiger partial charge in [0.05, 0.1) is 18.0 Å². The maximum atomic E-state index is 9.79. The van der Waals surface area contributed by atoms with Crippen molar-refractivity contribution >= 4 is 11.5 Å². The summed E-state index contributed by atoms with van der Waals surface area (Å²) in [4.78, 5) is 6.23. The molecule has 5 nitrogen and oxygen atoms in total. The quantitative estimate of drug-likeness (QED) is 0.768. The van der Waals surface area contributed by atoms with E-state index >= 15 is 0 Å². The molecule has 0 spiro atoms. The molecule has 1 aliphatic heterocycles. The van der Waals surface area contributed by atoms with Crippen LogP contribution >= 0.6 is 0 Å². The number of hydrogen-bond acceptors (Lipinski definition) is 5. The second-order valence-electron chi connectivity index (χ2n) is 3.92. The standard InChI is InChI=1S/C11H17N3O2/c1-2-16-10-7-14(6-9(10)15)11-4-3-8(12)5-13-11/h3-5,9-10,15H,2,6-7,12H2,1H3. The lowest BCUT2D eigenvalue weighted by Crippen LogP contribution is -2.26. The lowest BCUT2D eigenvalue weighted by atomic mass is 10.3. The maximum absolute atomic E-state index is 9.79. The van der Waals surface area contributed by atoms with E-state index in [1.807, 2.05) is 24.0 Å². The SMILES string of the molecule is CCOC1CN(c2ccc(N)cn2)CC1O. The second-order valence-corrected chi connectivity index (χ2v) is 3.92. The molecule has 3 N–H and O–H groups in total. The van der Waals surface area contributed by atoms with Crippen LogP contribution in [-0.2, 0) is 4.74 Å². The van der Waals surface area contributed by atoms with E-state index in [-0.39, 0.29) is 6.10 Å². The van der Waals surface area contributed by atoms with E-state index < -0.39 is 6.10 Å². The number of aliphatic hydroxyl groups is 1. The van der Waals surface area contributed by atoms with Gasteiger partial charge in [0.1, 0.15) is 11.9 Å². The van der Waals surface area contributed by atoms with E-state index in [2.05, 4.69) is 4.98 Å². The Bertz CT molecular complexity index is 342. The molecule has 0 bridgehead atoms. The van der Waals surface area contributed by atoms with Crippen molar-refractivity contribution < 1.29 is 9.84 Å². The highest BCUT2D eigenvalue weighted by Gasteiger charge is 2.32. The number of ether oxygens (including phenoxy) is 1. The van der Waals surface area contributed by atoms with Crippen LogP contribution in [0, 0.1) is 0 Å². The molecule has 1 saturated heterocycles. The molecule has 0 aliphatic carbocycles. The van der Waals surface area contributed by atoms with Crippen LogP contribution in [0.2, 0.25) is 0 Å². The minimum absolute atomic E-state index is 0.121. The summed E-state index contributed by atoms with van der Waals surface area (Å²) in [6.07, 6.45) is 1.05. The largest absolute Gasteiger partial charge is 0.397 e. The molecule has 2 rings (SSSR count). The van der Waals surface area contributed by atoms with Gasteiger partial charge >= 0.3 is 0 Å². The van der Waals surface area contributed by atoms with Crippen molar-refractivity contribution in [3.63, 3.8) is 0 Å². The van der Waals surface area contributed by atoms with Crippen LogP contribution in [0.25, 0.3) is 0 Å². The van der Waals surface area contributed by atoms with Crippen LogP contribution in [0.3, 0.4) is 0 Å². The lowest BCUT2D eigenvalue weighted by Gasteiger charge is -2.16. The number of anilines is 2. The summed E-state index contributed by atoms with van der Waals surface area (Å²) in [5, 5.41) is 9.79. The van der Waals surface area contributed by atoms with Crippen LogP contribution in [0.15, 0.2) is 18.3 Å². The first-order chi connectivity index (χ1) is 7.70. The molecule has 1 aromatic rings. The summed E-state index contributed by atoms with van der Waals surface area (Å²) >= 11 is 0. The molecule has 0 amide bonds. The number of rotatable bonds is 3. The van der Waals surface area contributed by atoms with Gasteiger partial charge in [-0.15, -0.1) is 0 Å². The Morgan fingerprint density at radius 1 is 1.56 bits per heavy atom. The molecule has 2 unspecified atom stereocenters. The number of aromatic nitrogens is 1.